The predicted octanol–water partition coefficient (Wildman–Crippen LogP) is 3.09. The van der Waals surface area contributed by atoms with Gasteiger partial charge in [-0.3, -0.25) is 0 Å². The van der Waals surface area contributed by atoms with Gasteiger partial charge >= 0.3 is 0 Å². The molecule has 110 valence electrons. The molecule has 1 heterocycles. The van der Waals surface area contributed by atoms with Crippen molar-refractivity contribution in [1.82, 2.24) is 10.1 Å². The van der Waals surface area contributed by atoms with E-state index in [-0.39, 0.29) is 6.04 Å². The van der Waals surface area contributed by atoms with Gasteiger partial charge in [-0.15, -0.1) is 0 Å². The van der Waals surface area contributed by atoms with Crippen LogP contribution in [0.15, 0.2) is 4.52 Å². The Balaban J connectivity index is 1.40. The monoisotopic (exact) mass is 293 g/mol. The first-order valence-electron chi connectivity index (χ1n) is 8.01. The molecule has 0 amide bonds. The quantitative estimate of drug-likeness (QED) is 0.924. The molecule has 4 unspecified atom stereocenters. The number of rotatable bonds is 4. The average molecular weight is 293 g/mol. The van der Waals surface area contributed by atoms with Crippen LogP contribution in [0.1, 0.15) is 62.6 Å². The molecule has 20 heavy (non-hydrogen) atoms. The van der Waals surface area contributed by atoms with Crippen LogP contribution in [-0.2, 0) is 5.75 Å². The summed E-state index contributed by atoms with van der Waals surface area (Å²) in [6, 6.07) is 0.240. The van der Waals surface area contributed by atoms with Crippen molar-refractivity contribution in [2.24, 2.45) is 17.6 Å². The molecule has 3 fully saturated rings. The fraction of sp³-hybridized carbons (Fsp3) is 0.867. The normalized spacial score (nSPS) is 37.0. The maximum atomic E-state index is 6.35. The topological polar surface area (TPSA) is 64.9 Å². The van der Waals surface area contributed by atoms with Crippen molar-refractivity contribution in [1.29, 1.82) is 0 Å². The third-order valence-corrected chi connectivity index (χ3v) is 6.87. The van der Waals surface area contributed by atoms with Gasteiger partial charge in [0.2, 0.25) is 5.89 Å². The van der Waals surface area contributed by atoms with Gasteiger partial charge in [0.1, 0.15) is 0 Å². The minimum absolute atomic E-state index is 0.240. The van der Waals surface area contributed by atoms with Gasteiger partial charge in [0.05, 0.1) is 11.7 Å². The van der Waals surface area contributed by atoms with Crippen LogP contribution < -0.4 is 5.73 Å². The van der Waals surface area contributed by atoms with E-state index in [1.807, 2.05) is 11.8 Å². The van der Waals surface area contributed by atoms with E-state index in [9.17, 15) is 0 Å². The zero-order valence-electron chi connectivity index (χ0n) is 11.8. The van der Waals surface area contributed by atoms with E-state index < -0.39 is 0 Å². The van der Waals surface area contributed by atoms with Gasteiger partial charge in [0.25, 0.3) is 0 Å². The summed E-state index contributed by atoms with van der Waals surface area (Å²) < 4.78 is 5.53. The first-order chi connectivity index (χ1) is 9.81. The molecule has 4 rings (SSSR count). The van der Waals surface area contributed by atoms with Gasteiger partial charge in [-0.2, -0.15) is 16.7 Å². The molecular weight excluding hydrogens is 270 g/mol. The van der Waals surface area contributed by atoms with Crippen LogP contribution >= 0.6 is 11.8 Å². The molecule has 0 radical (unpaired) electrons. The van der Waals surface area contributed by atoms with Crippen LogP contribution in [0.25, 0.3) is 0 Å². The molecule has 4 atom stereocenters. The molecule has 0 saturated heterocycles. The van der Waals surface area contributed by atoms with E-state index >= 15 is 0 Å². The highest BCUT2D eigenvalue weighted by molar-refractivity contribution is 7.99. The summed E-state index contributed by atoms with van der Waals surface area (Å²) in [6.07, 6.45) is 9.32. The number of thioether (sulfide) groups is 1. The standard InChI is InChI=1S/C15H23N3OS/c16-14-10-6-5-9(7-10)13(14)15-17-12(18-19-15)8-20-11-3-1-2-4-11/h9-11,13-14H,1-8,16H2. The molecule has 5 heteroatoms. The van der Waals surface area contributed by atoms with E-state index in [4.69, 9.17) is 10.3 Å². The summed E-state index contributed by atoms with van der Waals surface area (Å²) in [7, 11) is 0. The van der Waals surface area contributed by atoms with Crippen LogP contribution in [0.5, 0.6) is 0 Å². The van der Waals surface area contributed by atoms with Gasteiger partial charge in [0.15, 0.2) is 5.82 Å². The maximum Gasteiger partial charge on any atom is 0.231 e. The molecule has 3 aliphatic carbocycles. The Morgan fingerprint density at radius 1 is 1.15 bits per heavy atom. The Bertz CT molecular complexity index is 469. The first kappa shape index (κ1) is 13.1. The van der Waals surface area contributed by atoms with Crippen molar-refractivity contribution in [3.8, 4) is 0 Å². The number of nitrogens with two attached hydrogens (primary N) is 1. The van der Waals surface area contributed by atoms with Crippen molar-refractivity contribution < 1.29 is 4.52 Å². The second kappa shape index (κ2) is 5.34. The highest BCUT2D eigenvalue weighted by Crippen LogP contribution is 2.51. The van der Waals surface area contributed by atoms with Crippen LogP contribution in [0.2, 0.25) is 0 Å². The molecule has 1 aromatic heterocycles. The van der Waals surface area contributed by atoms with Gasteiger partial charge in [0, 0.05) is 11.3 Å². The second-order valence-electron chi connectivity index (χ2n) is 6.70. The number of aromatic nitrogens is 2. The Hall–Kier alpha value is -0.550. The molecule has 0 aliphatic heterocycles. The Morgan fingerprint density at radius 3 is 2.70 bits per heavy atom. The lowest BCUT2D eigenvalue weighted by Crippen LogP contribution is -2.34. The summed E-state index contributed by atoms with van der Waals surface area (Å²) >= 11 is 1.99. The summed E-state index contributed by atoms with van der Waals surface area (Å²) in [5.41, 5.74) is 6.35. The number of fused-ring (bicyclic) bond motifs is 2. The van der Waals surface area contributed by atoms with Crippen molar-refractivity contribution in [2.75, 3.05) is 0 Å². The lowest BCUT2D eigenvalue weighted by Gasteiger charge is -2.24. The third-order valence-electron chi connectivity index (χ3n) is 5.50. The Labute approximate surface area is 124 Å². The summed E-state index contributed by atoms with van der Waals surface area (Å²) in [5.74, 6) is 4.27. The van der Waals surface area contributed by atoms with Crippen molar-refractivity contribution in [2.45, 2.75) is 67.9 Å². The zero-order chi connectivity index (χ0) is 13.5. The largest absolute Gasteiger partial charge is 0.339 e. The fourth-order valence-corrected chi connectivity index (χ4v) is 5.58. The van der Waals surface area contributed by atoms with E-state index in [0.29, 0.717) is 17.8 Å². The van der Waals surface area contributed by atoms with Gasteiger partial charge in [-0.1, -0.05) is 18.0 Å². The molecule has 4 nitrogen and oxygen atoms in total. The van der Waals surface area contributed by atoms with Crippen LogP contribution in [-0.4, -0.2) is 21.4 Å². The highest BCUT2D eigenvalue weighted by atomic mass is 32.2. The Morgan fingerprint density at radius 2 is 1.95 bits per heavy atom. The number of hydrogen-bond acceptors (Lipinski definition) is 5. The lowest BCUT2D eigenvalue weighted by molar-refractivity contribution is 0.278. The molecule has 2 bridgehead atoms. The fourth-order valence-electron chi connectivity index (χ4n) is 4.41. The van der Waals surface area contributed by atoms with Gasteiger partial charge in [-0.05, 0) is 43.9 Å². The summed E-state index contributed by atoms with van der Waals surface area (Å²) in [6.45, 7) is 0. The molecule has 2 N–H and O–H groups in total. The van der Waals surface area contributed by atoms with E-state index in [1.165, 1.54) is 44.9 Å². The smallest absolute Gasteiger partial charge is 0.231 e. The summed E-state index contributed by atoms with van der Waals surface area (Å²) in [5, 5.41) is 4.98. The molecule has 0 aromatic carbocycles. The summed E-state index contributed by atoms with van der Waals surface area (Å²) in [4.78, 5) is 4.64. The van der Waals surface area contributed by atoms with E-state index in [0.717, 1.165) is 22.7 Å². The molecule has 3 aliphatic rings. The second-order valence-corrected chi connectivity index (χ2v) is 7.99. The number of nitrogens with zero attached hydrogens (tertiary/aromatic N) is 2. The Kier molecular flexibility index (Phi) is 3.50. The average Bonchev–Trinajstić information content (AvgIpc) is 3.21. The van der Waals surface area contributed by atoms with Crippen LogP contribution in [0, 0.1) is 11.8 Å². The molecular formula is C15H23N3OS. The van der Waals surface area contributed by atoms with E-state index in [2.05, 4.69) is 10.1 Å². The molecule has 0 spiro atoms. The minimum atomic E-state index is 0.240. The third kappa shape index (κ3) is 2.29. The van der Waals surface area contributed by atoms with Gasteiger partial charge < -0.3 is 10.3 Å². The van der Waals surface area contributed by atoms with Gasteiger partial charge in [-0.25, -0.2) is 0 Å². The maximum absolute atomic E-state index is 6.35. The van der Waals surface area contributed by atoms with Crippen LogP contribution in [0.4, 0.5) is 0 Å². The SMILES string of the molecule is NC1C2CCC(C2)C1c1nc(CSC2CCCC2)no1. The minimum Gasteiger partial charge on any atom is -0.339 e. The highest BCUT2D eigenvalue weighted by Gasteiger charge is 2.48. The van der Waals surface area contributed by atoms with Crippen LogP contribution in [0.3, 0.4) is 0 Å². The number of hydrogen-bond donors (Lipinski definition) is 1. The lowest BCUT2D eigenvalue weighted by atomic mass is 9.85. The van der Waals surface area contributed by atoms with Crippen molar-refractivity contribution in [3.05, 3.63) is 11.7 Å². The zero-order valence-corrected chi connectivity index (χ0v) is 12.6. The first-order valence-corrected chi connectivity index (χ1v) is 9.06. The predicted molar refractivity (Wildman–Crippen MR) is 79.4 cm³/mol. The van der Waals surface area contributed by atoms with Crippen molar-refractivity contribution in [3.63, 3.8) is 0 Å². The van der Waals surface area contributed by atoms with E-state index in [1.54, 1.807) is 0 Å². The molecule has 3 saturated carbocycles. The molecule has 1 aromatic rings. The van der Waals surface area contributed by atoms with Crippen molar-refractivity contribution >= 4 is 11.8 Å².